The van der Waals surface area contributed by atoms with Gasteiger partial charge >= 0.3 is 5.69 Å². The van der Waals surface area contributed by atoms with E-state index < -0.39 is 10.5 Å². The molecule has 0 spiro atoms. The summed E-state index contributed by atoms with van der Waals surface area (Å²) in [5, 5.41) is 11.0. The summed E-state index contributed by atoms with van der Waals surface area (Å²) in [5.74, 6) is -0.164. The number of ether oxygens (including phenoxy) is 2. The molecule has 0 bridgehead atoms. The number of nitro benzene ring substituents is 1. The Morgan fingerprint density at radius 2 is 2.00 bits per heavy atom. The molecule has 102 valence electrons. The Labute approximate surface area is 109 Å². The molecule has 7 nitrogen and oxygen atoms in total. The number of anilines is 1. The van der Waals surface area contributed by atoms with E-state index in [0.29, 0.717) is 11.3 Å². The van der Waals surface area contributed by atoms with Crippen molar-refractivity contribution in [2.45, 2.75) is 12.5 Å². The molecular formula is C12H14N2O5. The molecule has 0 aromatic heterocycles. The molecule has 0 saturated heterocycles. The third-order valence-corrected chi connectivity index (χ3v) is 3.49. The molecule has 1 aromatic rings. The summed E-state index contributed by atoms with van der Waals surface area (Å²) in [4.78, 5) is 24.0. The number of carbonyl (C=O) groups is 1. The van der Waals surface area contributed by atoms with E-state index in [4.69, 9.17) is 9.47 Å². The summed E-state index contributed by atoms with van der Waals surface area (Å²) in [7, 11) is 4.33. The van der Waals surface area contributed by atoms with Crippen LogP contribution in [-0.2, 0) is 15.1 Å². The number of methoxy groups -OCH3 is 2. The molecule has 7 heteroatoms. The zero-order valence-corrected chi connectivity index (χ0v) is 11.1. The van der Waals surface area contributed by atoms with Crippen molar-refractivity contribution >= 4 is 17.3 Å². The number of benzene rings is 1. The number of nitro groups is 1. The van der Waals surface area contributed by atoms with Gasteiger partial charge < -0.3 is 14.4 Å². The second-order valence-corrected chi connectivity index (χ2v) is 4.40. The van der Waals surface area contributed by atoms with E-state index in [0.717, 1.165) is 0 Å². The molecular weight excluding hydrogens is 252 g/mol. The predicted octanol–water partition coefficient (Wildman–Crippen LogP) is 1.44. The first-order valence-electron chi connectivity index (χ1n) is 5.57. The van der Waals surface area contributed by atoms with Crippen LogP contribution in [0.2, 0.25) is 0 Å². The molecule has 1 aliphatic rings. The Bertz CT molecular complexity index is 571. The van der Waals surface area contributed by atoms with Crippen LogP contribution < -0.4 is 9.64 Å². The third-order valence-electron chi connectivity index (χ3n) is 3.49. The van der Waals surface area contributed by atoms with Gasteiger partial charge in [-0.05, 0) is 13.0 Å². The van der Waals surface area contributed by atoms with E-state index >= 15 is 0 Å². The van der Waals surface area contributed by atoms with Gasteiger partial charge in [0.25, 0.3) is 5.91 Å². The summed E-state index contributed by atoms with van der Waals surface area (Å²) in [6.45, 7) is 1.63. The number of nitrogens with zero attached hydrogens (tertiary/aromatic N) is 2. The molecule has 0 N–H and O–H groups in total. The van der Waals surface area contributed by atoms with E-state index in [2.05, 4.69) is 0 Å². The summed E-state index contributed by atoms with van der Waals surface area (Å²) in [6.07, 6.45) is 0. The highest BCUT2D eigenvalue weighted by atomic mass is 16.6. The first-order valence-corrected chi connectivity index (χ1v) is 5.57. The largest absolute Gasteiger partial charge is 0.490 e. The van der Waals surface area contributed by atoms with Crippen LogP contribution in [0, 0.1) is 10.1 Å². The maximum Gasteiger partial charge on any atom is 0.313 e. The Morgan fingerprint density at radius 1 is 1.37 bits per heavy atom. The lowest BCUT2D eigenvalue weighted by molar-refractivity contribution is -0.385. The quantitative estimate of drug-likeness (QED) is 0.610. The summed E-state index contributed by atoms with van der Waals surface area (Å²) < 4.78 is 10.3. The van der Waals surface area contributed by atoms with E-state index in [1.54, 1.807) is 14.0 Å². The number of likely N-dealkylation sites (N-methyl/N-ethyl adjacent to an activating group) is 1. The molecule has 1 aliphatic heterocycles. The van der Waals surface area contributed by atoms with Crippen molar-refractivity contribution in [3.8, 4) is 5.75 Å². The first kappa shape index (κ1) is 13.3. The van der Waals surface area contributed by atoms with E-state index in [1.165, 1.54) is 31.3 Å². The summed E-state index contributed by atoms with van der Waals surface area (Å²) in [5.41, 5.74) is -0.306. The standard InChI is InChI=1S/C12H14N2O5/c1-12(19-4)7-5-10(18-3)9(14(16)17)6-8(7)13(2)11(12)15/h5-6H,1-4H3. The monoisotopic (exact) mass is 266 g/mol. The summed E-state index contributed by atoms with van der Waals surface area (Å²) in [6, 6.07) is 2.81. The van der Waals surface area contributed by atoms with Crippen LogP contribution in [-0.4, -0.2) is 32.1 Å². The normalized spacial score (nSPS) is 21.5. The second kappa shape index (κ2) is 4.20. The Hall–Kier alpha value is -2.15. The van der Waals surface area contributed by atoms with Gasteiger partial charge in [0.05, 0.1) is 17.7 Å². The van der Waals surface area contributed by atoms with Gasteiger partial charge in [0, 0.05) is 25.8 Å². The number of amides is 1. The van der Waals surface area contributed by atoms with Gasteiger partial charge in [-0.1, -0.05) is 0 Å². The van der Waals surface area contributed by atoms with Crippen LogP contribution in [0.5, 0.6) is 5.75 Å². The van der Waals surface area contributed by atoms with Gasteiger partial charge in [-0.15, -0.1) is 0 Å². The number of hydrogen-bond donors (Lipinski definition) is 0. The van der Waals surface area contributed by atoms with Gasteiger partial charge in [-0.3, -0.25) is 14.9 Å². The molecule has 19 heavy (non-hydrogen) atoms. The molecule has 1 amide bonds. The smallest absolute Gasteiger partial charge is 0.313 e. The van der Waals surface area contributed by atoms with E-state index in [-0.39, 0.29) is 17.3 Å². The van der Waals surface area contributed by atoms with Crippen LogP contribution in [0.3, 0.4) is 0 Å². The van der Waals surface area contributed by atoms with Crippen molar-refractivity contribution in [1.82, 2.24) is 0 Å². The minimum absolute atomic E-state index is 0.107. The van der Waals surface area contributed by atoms with Crippen LogP contribution in [0.25, 0.3) is 0 Å². The second-order valence-electron chi connectivity index (χ2n) is 4.40. The Morgan fingerprint density at radius 3 is 2.47 bits per heavy atom. The molecule has 1 unspecified atom stereocenters. The third kappa shape index (κ3) is 1.66. The number of rotatable bonds is 3. The van der Waals surface area contributed by atoms with E-state index in [1.807, 2.05) is 0 Å². The zero-order chi connectivity index (χ0) is 14.4. The van der Waals surface area contributed by atoms with Crippen molar-refractivity contribution in [3.63, 3.8) is 0 Å². The number of fused-ring (bicyclic) bond motifs is 1. The average Bonchev–Trinajstić information content (AvgIpc) is 2.60. The molecule has 1 atom stereocenters. The van der Waals surface area contributed by atoms with Crippen molar-refractivity contribution < 1.29 is 19.2 Å². The van der Waals surface area contributed by atoms with Crippen LogP contribution in [0.1, 0.15) is 12.5 Å². The number of hydrogen-bond acceptors (Lipinski definition) is 5. The molecule has 0 saturated carbocycles. The first-order chi connectivity index (χ1) is 8.86. The van der Waals surface area contributed by atoms with Gasteiger partial charge in [0.1, 0.15) is 0 Å². The van der Waals surface area contributed by atoms with Crippen molar-refractivity contribution in [1.29, 1.82) is 0 Å². The average molecular weight is 266 g/mol. The fourth-order valence-corrected chi connectivity index (χ4v) is 2.27. The van der Waals surface area contributed by atoms with Crippen molar-refractivity contribution in [3.05, 3.63) is 27.8 Å². The molecule has 0 aliphatic carbocycles. The lowest BCUT2D eigenvalue weighted by Gasteiger charge is -2.21. The highest BCUT2D eigenvalue weighted by Crippen LogP contribution is 2.46. The van der Waals surface area contributed by atoms with Crippen LogP contribution in [0.4, 0.5) is 11.4 Å². The molecule has 0 fully saturated rings. The predicted molar refractivity (Wildman–Crippen MR) is 67.4 cm³/mol. The molecule has 2 rings (SSSR count). The highest BCUT2D eigenvalue weighted by Gasteiger charge is 2.48. The van der Waals surface area contributed by atoms with Gasteiger partial charge in [0.2, 0.25) is 0 Å². The Balaban J connectivity index is 2.73. The maximum atomic E-state index is 12.2. The number of carbonyl (C=O) groups excluding carboxylic acids is 1. The van der Waals surface area contributed by atoms with Crippen molar-refractivity contribution in [2.75, 3.05) is 26.2 Å². The fraction of sp³-hybridized carbons (Fsp3) is 0.417. The maximum absolute atomic E-state index is 12.2. The minimum Gasteiger partial charge on any atom is -0.490 e. The molecule has 1 aromatic carbocycles. The minimum atomic E-state index is -1.15. The fourth-order valence-electron chi connectivity index (χ4n) is 2.27. The van der Waals surface area contributed by atoms with Crippen LogP contribution >= 0.6 is 0 Å². The highest BCUT2D eigenvalue weighted by molar-refractivity contribution is 6.07. The zero-order valence-electron chi connectivity index (χ0n) is 11.1. The van der Waals surface area contributed by atoms with Crippen LogP contribution in [0.15, 0.2) is 12.1 Å². The lowest BCUT2D eigenvalue weighted by atomic mass is 9.97. The topological polar surface area (TPSA) is 81.9 Å². The Kier molecular flexibility index (Phi) is 2.94. The summed E-state index contributed by atoms with van der Waals surface area (Å²) >= 11 is 0. The van der Waals surface area contributed by atoms with E-state index in [9.17, 15) is 14.9 Å². The van der Waals surface area contributed by atoms with Gasteiger partial charge in [-0.2, -0.15) is 0 Å². The molecule has 1 heterocycles. The van der Waals surface area contributed by atoms with Crippen molar-refractivity contribution in [2.24, 2.45) is 0 Å². The molecule has 0 radical (unpaired) electrons. The van der Waals surface area contributed by atoms with Gasteiger partial charge in [0.15, 0.2) is 11.4 Å². The van der Waals surface area contributed by atoms with Gasteiger partial charge in [-0.25, -0.2) is 0 Å². The SMILES string of the molecule is COc1cc2c(cc1[N+](=O)[O-])N(C)C(=O)C2(C)OC. The lowest BCUT2D eigenvalue weighted by Crippen LogP contribution is -2.37.